The summed E-state index contributed by atoms with van der Waals surface area (Å²) in [5.74, 6) is 0.721. The van der Waals surface area contributed by atoms with Crippen LogP contribution >= 0.6 is 0 Å². The lowest BCUT2D eigenvalue weighted by atomic mass is 10.1. The summed E-state index contributed by atoms with van der Waals surface area (Å²) >= 11 is 0. The molecule has 0 aliphatic rings. The largest absolute Gasteiger partial charge is 0.346 e. The highest BCUT2D eigenvalue weighted by Gasteiger charge is 2.07. The minimum Gasteiger partial charge on any atom is -0.346 e. The highest BCUT2D eigenvalue weighted by Crippen LogP contribution is 2.01. The number of rotatable bonds is 3. The molecule has 0 atom stereocenters. The van der Waals surface area contributed by atoms with Crippen LogP contribution in [0.5, 0.6) is 0 Å². The first-order chi connectivity index (χ1) is 4.57. The standard InChI is InChI=1S/C8H17NO/c1-5-9(4)8(10)6-7(2)3/h7H,5-6H2,1-4H3. The third kappa shape index (κ3) is 3.49. The third-order valence-corrected chi connectivity index (χ3v) is 1.48. The van der Waals surface area contributed by atoms with Crippen LogP contribution in [0.25, 0.3) is 0 Å². The molecule has 0 saturated carbocycles. The smallest absolute Gasteiger partial charge is 0.222 e. The van der Waals surface area contributed by atoms with E-state index in [1.165, 1.54) is 0 Å². The molecule has 0 unspecified atom stereocenters. The Morgan fingerprint density at radius 1 is 1.50 bits per heavy atom. The van der Waals surface area contributed by atoms with Crippen molar-refractivity contribution in [1.82, 2.24) is 4.90 Å². The Balaban J connectivity index is 3.62. The number of carbonyl (C=O) groups is 1. The van der Waals surface area contributed by atoms with E-state index in [1.807, 2.05) is 14.0 Å². The van der Waals surface area contributed by atoms with Gasteiger partial charge in [0.15, 0.2) is 0 Å². The van der Waals surface area contributed by atoms with Gasteiger partial charge < -0.3 is 4.90 Å². The van der Waals surface area contributed by atoms with Gasteiger partial charge >= 0.3 is 0 Å². The van der Waals surface area contributed by atoms with Gasteiger partial charge in [-0.3, -0.25) is 4.79 Å². The van der Waals surface area contributed by atoms with E-state index >= 15 is 0 Å². The molecular formula is C8H17NO. The first kappa shape index (κ1) is 9.47. The number of hydrogen-bond donors (Lipinski definition) is 0. The van der Waals surface area contributed by atoms with Crippen LogP contribution in [0.1, 0.15) is 27.2 Å². The third-order valence-electron chi connectivity index (χ3n) is 1.48. The molecular weight excluding hydrogens is 126 g/mol. The number of amides is 1. The fourth-order valence-electron chi connectivity index (χ4n) is 0.681. The number of nitrogens with zero attached hydrogens (tertiary/aromatic N) is 1. The zero-order valence-corrected chi connectivity index (χ0v) is 7.35. The lowest BCUT2D eigenvalue weighted by Gasteiger charge is -2.15. The summed E-state index contributed by atoms with van der Waals surface area (Å²) in [6.45, 7) is 6.91. The quantitative estimate of drug-likeness (QED) is 0.586. The van der Waals surface area contributed by atoms with Gasteiger partial charge in [0.1, 0.15) is 0 Å². The molecule has 0 aromatic rings. The summed E-state index contributed by atoms with van der Waals surface area (Å²) in [6.07, 6.45) is 0.671. The highest BCUT2D eigenvalue weighted by molar-refractivity contribution is 5.75. The van der Waals surface area contributed by atoms with Gasteiger partial charge in [-0.1, -0.05) is 13.8 Å². The van der Waals surface area contributed by atoms with Gasteiger partial charge in [0.05, 0.1) is 0 Å². The molecule has 0 aliphatic carbocycles. The van der Waals surface area contributed by atoms with Crippen molar-refractivity contribution in [1.29, 1.82) is 0 Å². The van der Waals surface area contributed by atoms with Gasteiger partial charge in [0, 0.05) is 20.0 Å². The topological polar surface area (TPSA) is 20.3 Å². The maximum Gasteiger partial charge on any atom is 0.222 e. The second-order valence-corrected chi connectivity index (χ2v) is 3.01. The second-order valence-electron chi connectivity index (χ2n) is 3.01. The van der Waals surface area contributed by atoms with Gasteiger partial charge in [-0.05, 0) is 12.8 Å². The Kier molecular flexibility index (Phi) is 4.08. The molecule has 0 spiro atoms. The molecule has 0 aliphatic heterocycles. The predicted molar refractivity (Wildman–Crippen MR) is 42.8 cm³/mol. The maximum atomic E-state index is 11.1. The summed E-state index contributed by atoms with van der Waals surface area (Å²) in [6, 6.07) is 0. The SMILES string of the molecule is CCN(C)C(=O)CC(C)C. The van der Waals surface area contributed by atoms with Crippen LogP contribution in [0.2, 0.25) is 0 Å². The normalized spacial score (nSPS) is 10.1. The molecule has 0 aromatic heterocycles. The van der Waals surface area contributed by atoms with Crippen LogP contribution in [0.15, 0.2) is 0 Å². The second kappa shape index (κ2) is 4.31. The molecule has 60 valence electrons. The summed E-state index contributed by atoms with van der Waals surface area (Å²) in [4.78, 5) is 12.9. The van der Waals surface area contributed by atoms with E-state index < -0.39 is 0 Å². The molecule has 0 fully saturated rings. The number of carbonyl (C=O) groups excluding carboxylic acids is 1. The Morgan fingerprint density at radius 3 is 2.30 bits per heavy atom. The van der Waals surface area contributed by atoms with E-state index in [4.69, 9.17) is 0 Å². The van der Waals surface area contributed by atoms with E-state index in [9.17, 15) is 4.79 Å². The van der Waals surface area contributed by atoms with E-state index in [0.29, 0.717) is 12.3 Å². The van der Waals surface area contributed by atoms with E-state index in [1.54, 1.807) is 4.90 Å². The summed E-state index contributed by atoms with van der Waals surface area (Å²) in [5, 5.41) is 0. The predicted octanol–water partition coefficient (Wildman–Crippen LogP) is 1.51. The molecule has 2 nitrogen and oxygen atoms in total. The lowest BCUT2D eigenvalue weighted by molar-refractivity contribution is -0.130. The van der Waals surface area contributed by atoms with Crippen molar-refractivity contribution in [3.8, 4) is 0 Å². The van der Waals surface area contributed by atoms with Gasteiger partial charge in [0.2, 0.25) is 5.91 Å². The molecule has 0 N–H and O–H groups in total. The first-order valence-electron chi connectivity index (χ1n) is 3.81. The highest BCUT2D eigenvalue weighted by atomic mass is 16.2. The monoisotopic (exact) mass is 143 g/mol. The van der Waals surface area contributed by atoms with Gasteiger partial charge in [-0.2, -0.15) is 0 Å². The van der Waals surface area contributed by atoms with E-state index in [0.717, 1.165) is 6.54 Å². The summed E-state index contributed by atoms with van der Waals surface area (Å²) in [7, 11) is 1.84. The Morgan fingerprint density at radius 2 is 2.00 bits per heavy atom. The molecule has 0 bridgehead atoms. The zero-order valence-electron chi connectivity index (χ0n) is 7.35. The molecule has 0 radical (unpaired) electrons. The van der Waals surface area contributed by atoms with E-state index in [-0.39, 0.29) is 5.91 Å². The lowest BCUT2D eigenvalue weighted by Crippen LogP contribution is -2.27. The first-order valence-corrected chi connectivity index (χ1v) is 3.81. The van der Waals surface area contributed by atoms with Crippen LogP contribution in [-0.4, -0.2) is 24.4 Å². The molecule has 1 amide bonds. The summed E-state index contributed by atoms with van der Waals surface area (Å²) in [5.41, 5.74) is 0. The van der Waals surface area contributed by atoms with Crippen molar-refractivity contribution in [3.63, 3.8) is 0 Å². The average Bonchev–Trinajstić information content (AvgIpc) is 1.85. The van der Waals surface area contributed by atoms with Crippen molar-refractivity contribution in [2.24, 2.45) is 5.92 Å². The van der Waals surface area contributed by atoms with Crippen molar-refractivity contribution >= 4 is 5.91 Å². The Bertz CT molecular complexity index is 110. The van der Waals surface area contributed by atoms with Crippen molar-refractivity contribution in [3.05, 3.63) is 0 Å². The maximum absolute atomic E-state index is 11.1. The van der Waals surface area contributed by atoms with Crippen LogP contribution in [0, 0.1) is 5.92 Å². The van der Waals surface area contributed by atoms with Gasteiger partial charge in [0.25, 0.3) is 0 Å². The Hall–Kier alpha value is -0.530. The van der Waals surface area contributed by atoms with Crippen LogP contribution in [-0.2, 0) is 4.79 Å². The molecule has 0 heterocycles. The minimum atomic E-state index is 0.248. The molecule has 2 heteroatoms. The molecule has 0 rings (SSSR count). The van der Waals surface area contributed by atoms with Crippen molar-refractivity contribution < 1.29 is 4.79 Å². The zero-order chi connectivity index (χ0) is 8.15. The molecule has 10 heavy (non-hydrogen) atoms. The fourth-order valence-corrected chi connectivity index (χ4v) is 0.681. The van der Waals surface area contributed by atoms with Crippen molar-refractivity contribution in [2.45, 2.75) is 27.2 Å². The Labute approximate surface area is 63.2 Å². The van der Waals surface area contributed by atoms with Crippen molar-refractivity contribution in [2.75, 3.05) is 13.6 Å². The average molecular weight is 143 g/mol. The van der Waals surface area contributed by atoms with E-state index in [2.05, 4.69) is 13.8 Å². The van der Waals surface area contributed by atoms with Crippen LogP contribution in [0.3, 0.4) is 0 Å². The van der Waals surface area contributed by atoms with Crippen LogP contribution in [0.4, 0.5) is 0 Å². The van der Waals surface area contributed by atoms with Gasteiger partial charge in [-0.25, -0.2) is 0 Å². The summed E-state index contributed by atoms with van der Waals surface area (Å²) < 4.78 is 0. The molecule has 0 saturated heterocycles. The number of hydrogen-bond acceptors (Lipinski definition) is 1. The van der Waals surface area contributed by atoms with Gasteiger partial charge in [-0.15, -0.1) is 0 Å². The molecule has 0 aromatic carbocycles. The minimum absolute atomic E-state index is 0.248. The van der Waals surface area contributed by atoms with Crippen LogP contribution < -0.4 is 0 Å². The fraction of sp³-hybridized carbons (Fsp3) is 0.875.